The highest BCUT2D eigenvalue weighted by molar-refractivity contribution is 6.01. The molecule has 0 saturated carbocycles. The van der Waals surface area contributed by atoms with E-state index in [9.17, 15) is 9.59 Å². The number of hydrogen-bond donors (Lipinski definition) is 3. The number of aliphatic hydroxyl groups is 1. The fraction of sp³-hybridized carbons (Fsp3) is 0.500. The lowest BCUT2D eigenvalue weighted by Crippen LogP contribution is -2.40. The van der Waals surface area contributed by atoms with Crippen molar-refractivity contribution in [3.05, 3.63) is 35.4 Å². The van der Waals surface area contributed by atoms with E-state index in [0.717, 1.165) is 5.56 Å². The molecule has 0 spiro atoms. The van der Waals surface area contributed by atoms with Crippen molar-refractivity contribution in [2.75, 3.05) is 13.2 Å². The zero-order chi connectivity index (χ0) is 16.0. The van der Waals surface area contributed by atoms with Crippen LogP contribution in [0, 0.1) is 0 Å². The predicted octanol–water partition coefficient (Wildman–Crippen LogP) is 1.59. The molecule has 1 unspecified atom stereocenters. The molecule has 21 heavy (non-hydrogen) atoms. The molecule has 0 aliphatic rings. The minimum absolute atomic E-state index is 0.00280. The Bertz CT molecular complexity index is 488. The molecular formula is C16H23NO4. The molecule has 1 aromatic rings. The van der Waals surface area contributed by atoms with Crippen molar-refractivity contribution in [3.63, 3.8) is 0 Å². The number of carboxylic acid groups (broad SMARTS) is 1. The smallest absolute Gasteiger partial charge is 0.305 e. The summed E-state index contributed by atoms with van der Waals surface area (Å²) in [5.41, 5.74) is 1.58. The Morgan fingerprint density at radius 1 is 1.19 bits per heavy atom. The van der Waals surface area contributed by atoms with Gasteiger partial charge < -0.3 is 15.5 Å². The monoisotopic (exact) mass is 293 g/mol. The van der Waals surface area contributed by atoms with Crippen LogP contribution in [0.1, 0.15) is 43.1 Å². The van der Waals surface area contributed by atoms with Gasteiger partial charge in [-0.25, -0.2) is 0 Å². The largest absolute Gasteiger partial charge is 0.481 e. The Hall–Kier alpha value is -1.72. The third kappa shape index (κ3) is 5.28. The first-order chi connectivity index (χ1) is 9.75. The van der Waals surface area contributed by atoms with Gasteiger partial charge in [-0.15, -0.1) is 0 Å². The van der Waals surface area contributed by atoms with Crippen molar-refractivity contribution in [2.45, 2.75) is 38.6 Å². The second-order valence-corrected chi connectivity index (χ2v) is 6.02. The molecule has 0 radical (unpaired) electrons. The summed E-state index contributed by atoms with van der Waals surface area (Å²) in [6.45, 7) is 6.29. The topological polar surface area (TPSA) is 86.6 Å². The zero-order valence-corrected chi connectivity index (χ0v) is 12.7. The highest BCUT2D eigenvalue weighted by Crippen LogP contribution is 2.22. The number of aliphatic hydroxyl groups excluding tert-OH is 1. The van der Waals surface area contributed by atoms with Crippen LogP contribution in [-0.2, 0) is 10.2 Å². The van der Waals surface area contributed by atoms with Gasteiger partial charge in [-0.3, -0.25) is 9.59 Å². The SMILES string of the molecule is CC(C)(C)c1ccc(C(=O)C(CC(=O)O)NCCO)cc1. The lowest BCUT2D eigenvalue weighted by Gasteiger charge is -2.20. The zero-order valence-electron chi connectivity index (χ0n) is 12.7. The van der Waals surface area contributed by atoms with Crippen molar-refractivity contribution < 1.29 is 19.8 Å². The van der Waals surface area contributed by atoms with E-state index in [2.05, 4.69) is 26.1 Å². The first kappa shape index (κ1) is 17.3. The first-order valence-electron chi connectivity index (χ1n) is 6.96. The van der Waals surface area contributed by atoms with Gasteiger partial charge in [0.15, 0.2) is 5.78 Å². The molecule has 5 nitrogen and oxygen atoms in total. The molecular weight excluding hydrogens is 270 g/mol. The van der Waals surface area contributed by atoms with Gasteiger partial charge in [0.05, 0.1) is 19.1 Å². The summed E-state index contributed by atoms with van der Waals surface area (Å²) in [6.07, 6.45) is -0.306. The molecule has 1 rings (SSSR count). The van der Waals surface area contributed by atoms with Crippen LogP contribution in [0.25, 0.3) is 0 Å². The number of carbonyl (C=O) groups excluding carboxylic acids is 1. The summed E-state index contributed by atoms with van der Waals surface area (Å²) in [5, 5.41) is 20.4. The Morgan fingerprint density at radius 2 is 1.76 bits per heavy atom. The molecule has 0 aliphatic carbocycles. The van der Waals surface area contributed by atoms with Gasteiger partial charge in [0.1, 0.15) is 0 Å². The van der Waals surface area contributed by atoms with Crippen LogP contribution in [-0.4, -0.2) is 41.2 Å². The van der Waals surface area contributed by atoms with Gasteiger partial charge >= 0.3 is 5.97 Å². The van der Waals surface area contributed by atoms with Crippen LogP contribution in [0.5, 0.6) is 0 Å². The maximum Gasteiger partial charge on any atom is 0.305 e. The first-order valence-corrected chi connectivity index (χ1v) is 6.96. The predicted molar refractivity (Wildman–Crippen MR) is 80.6 cm³/mol. The maximum atomic E-state index is 12.3. The standard InChI is InChI=1S/C16H23NO4/c1-16(2,3)12-6-4-11(5-7-12)15(21)13(10-14(19)20)17-8-9-18/h4-7,13,17-18H,8-10H2,1-3H3,(H,19,20). The summed E-state index contributed by atoms with van der Waals surface area (Å²) in [6, 6.07) is 6.39. The summed E-state index contributed by atoms with van der Waals surface area (Å²) in [7, 11) is 0. The Labute approximate surface area is 125 Å². The average Bonchev–Trinajstić information content (AvgIpc) is 2.41. The van der Waals surface area contributed by atoms with Crippen LogP contribution >= 0.6 is 0 Å². The van der Waals surface area contributed by atoms with E-state index in [4.69, 9.17) is 10.2 Å². The molecule has 0 fully saturated rings. The van der Waals surface area contributed by atoms with E-state index in [1.54, 1.807) is 12.1 Å². The van der Waals surface area contributed by atoms with E-state index in [0.29, 0.717) is 5.56 Å². The molecule has 1 atom stereocenters. The van der Waals surface area contributed by atoms with E-state index in [1.807, 2.05) is 12.1 Å². The van der Waals surface area contributed by atoms with E-state index >= 15 is 0 Å². The summed E-state index contributed by atoms with van der Waals surface area (Å²) < 4.78 is 0. The number of ketones is 1. The fourth-order valence-corrected chi connectivity index (χ4v) is 2.01. The molecule has 1 aromatic carbocycles. The second kappa shape index (κ2) is 7.33. The van der Waals surface area contributed by atoms with Crippen LogP contribution in [0.3, 0.4) is 0 Å². The lowest BCUT2D eigenvalue weighted by atomic mass is 9.86. The Morgan fingerprint density at radius 3 is 2.19 bits per heavy atom. The highest BCUT2D eigenvalue weighted by Gasteiger charge is 2.23. The van der Waals surface area contributed by atoms with Crippen molar-refractivity contribution in [2.24, 2.45) is 0 Å². The van der Waals surface area contributed by atoms with Crippen LogP contribution in [0.15, 0.2) is 24.3 Å². The van der Waals surface area contributed by atoms with Gasteiger partial charge in [0.2, 0.25) is 0 Å². The van der Waals surface area contributed by atoms with Gasteiger partial charge in [-0.2, -0.15) is 0 Å². The normalized spacial score (nSPS) is 13.0. The molecule has 0 amide bonds. The molecule has 0 aliphatic heterocycles. The number of carboxylic acids is 1. The summed E-state index contributed by atoms with van der Waals surface area (Å²) >= 11 is 0. The molecule has 5 heteroatoms. The molecule has 0 aromatic heterocycles. The second-order valence-electron chi connectivity index (χ2n) is 6.02. The number of hydrogen-bond acceptors (Lipinski definition) is 4. The van der Waals surface area contributed by atoms with Gasteiger partial charge in [0, 0.05) is 12.1 Å². The minimum atomic E-state index is -1.05. The number of aliphatic carboxylic acids is 1. The van der Waals surface area contributed by atoms with Crippen molar-refractivity contribution in [1.29, 1.82) is 0 Å². The van der Waals surface area contributed by atoms with Gasteiger partial charge in [-0.1, -0.05) is 45.0 Å². The Balaban J connectivity index is 2.90. The Kier molecular flexibility index (Phi) is 6.05. The van der Waals surface area contributed by atoms with E-state index < -0.39 is 12.0 Å². The number of nitrogens with one attached hydrogen (secondary N) is 1. The third-order valence-electron chi connectivity index (χ3n) is 3.23. The summed E-state index contributed by atoms with van der Waals surface area (Å²) in [4.78, 5) is 23.2. The number of benzene rings is 1. The number of carbonyl (C=O) groups is 2. The van der Waals surface area contributed by atoms with Crippen molar-refractivity contribution >= 4 is 11.8 Å². The minimum Gasteiger partial charge on any atom is -0.481 e. The van der Waals surface area contributed by atoms with Crippen LogP contribution < -0.4 is 5.32 Å². The maximum absolute atomic E-state index is 12.3. The molecule has 0 bridgehead atoms. The molecule has 116 valence electrons. The average molecular weight is 293 g/mol. The van der Waals surface area contributed by atoms with Crippen LogP contribution in [0.2, 0.25) is 0 Å². The number of Topliss-reactive ketones (excluding diaryl/α,β-unsaturated/α-hetero) is 1. The van der Waals surface area contributed by atoms with Crippen molar-refractivity contribution in [1.82, 2.24) is 5.32 Å². The highest BCUT2D eigenvalue weighted by atomic mass is 16.4. The molecule has 0 saturated heterocycles. The van der Waals surface area contributed by atoms with E-state index in [-0.39, 0.29) is 30.8 Å². The van der Waals surface area contributed by atoms with E-state index in [1.165, 1.54) is 0 Å². The quantitative estimate of drug-likeness (QED) is 0.665. The van der Waals surface area contributed by atoms with Gasteiger partial charge in [0.25, 0.3) is 0 Å². The summed E-state index contributed by atoms with van der Waals surface area (Å²) in [5.74, 6) is -1.32. The van der Waals surface area contributed by atoms with Crippen LogP contribution in [0.4, 0.5) is 0 Å². The fourth-order valence-electron chi connectivity index (χ4n) is 2.01. The molecule has 0 heterocycles. The molecule has 3 N–H and O–H groups in total. The lowest BCUT2D eigenvalue weighted by molar-refractivity contribution is -0.137. The van der Waals surface area contributed by atoms with Gasteiger partial charge in [-0.05, 0) is 11.0 Å². The van der Waals surface area contributed by atoms with Crippen molar-refractivity contribution in [3.8, 4) is 0 Å². The number of rotatable bonds is 7. The third-order valence-corrected chi connectivity index (χ3v) is 3.23.